The van der Waals surface area contributed by atoms with Crippen LogP contribution in [0, 0.1) is 4.91 Å². The number of rotatable bonds is 4. The van der Waals surface area contributed by atoms with Crippen LogP contribution in [0.5, 0.6) is 0 Å². The van der Waals surface area contributed by atoms with Gasteiger partial charge < -0.3 is 0 Å². The zero-order chi connectivity index (χ0) is 13.0. The van der Waals surface area contributed by atoms with Crippen LogP contribution in [0.1, 0.15) is 5.69 Å². The fraction of sp³-hybridized carbons (Fsp3) is 0.182. The van der Waals surface area contributed by atoms with Gasteiger partial charge in [-0.3, -0.25) is 4.98 Å². The fourth-order valence-electron chi connectivity index (χ4n) is 1.31. The van der Waals surface area contributed by atoms with Gasteiger partial charge in [-0.15, -0.1) is 28.4 Å². The molecular weight excluding hydrogens is 304 g/mol. The molecule has 3 nitrogen and oxygen atoms in total. The Balaban J connectivity index is 2.35. The summed E-state index contributed by atoms with van der Waals surface area (Å²) in [6, 6.07) is 5.49. The number of aromatic nitrogens is 1. The van der Waals surface area contributed by atoms with Gasteiger partial charge in [-0.25, -0.2) is 0 Å². The van der Waals surface area contributed by atoms with E-state index in [1.165, 1.54) is 8.47 Å². The molecule has 7 heteroatoms. The molecule has 0 amide bonds. The predicted octanol–water partition coefficient (Wildman–Crippen LogP) is 4.81. The van der Waals surface area contributed by atoms with Gasteiger partial charge in [-0.05, 0) is 29.8 Å². The van der Waals surface area contributed by atoms with Gasteiger partial charge in [0.25, 0.3) is 0 Å². The lowest BCUT2D eigenvalue weighted by Gasteiger charge is -2.01. The third-order valence-corrected chi connectivity index (χ3v) is 7.30. The molecule has 1 aliphatic rings. The normalized spacial score (nSPS) is 15.1. The number of hydrogen-bond acceptors (Lipinski definition) is 7. The van der Waals surface area contributed by atoms with E-state index in [0.717, 1.165) is 4.24 Å². The van der Waals surface area contributed by atoms with Gasteiger partial charge in [0, 0.05) is 6.20 Å². The second-order valence-electron chi connectivity index (χ2n) is 3.13. The van der Waals surface area contributed by atoms with Crippen molar-refractivity contribution in [3.63, 3.8) is 0 Å². The van der Waals surface area contributed by atoms with Crippen LogP contribution in [0.25, 0.3) is 5.70 Å². The Morgan fingerprint density at radius 1 is 1.22 bits per heavy atom. The summed E-state index contributed by atoms with van der Waals surface area (Å²) in [4.78, 5) is 15.3. The maximum absolute atomic E-state index is 11.1. The van der Waals surface area contributed by atoms with Crippen molar-refractivity contribution in [1.29, 1.82) is 0 Å². The van der Waals surface area contributed by atoms with Crippen LogP contribution in [-0.4, -0.2) is 17.5 Å². The molecule has 0 radical (unpaired) electrons. The average molecular weight is 314 g/mol. The first-order chi connectivity index (χ1) is 8.80. The standard InChI is InChI=1S/C11H10N2OS4/c1-15-10-11(16-2)18-9(17-10)8(13-14)7-5-3-4-6-12-7/h3-6H,1-2H3. The SMILES string of the molecule is CSC1=C(SC)SC(=C(N=O)c2ccccn2)S1. The van der Waals surface area contributed by atoms with E-state index in [2.05, 4.69) is 10.2 Å². The number of nitrogens with zero attached hydrogens (tertiary/aromatic N) is 2. The highest BCUT2D eigenvalue weighted by Crippen LogP contribution is 2.58. The third-order valence-electron chi connectivity index (χ3n) is 2.10. The molecule has 0 bridgehead atoms. The molecule has 94 valence electrons. The maximum atomic E-state index is 11.1. The predicted molar refractivity (Wildman–Crippen MR) is 86.2 cm³/mol. The Morgan fingerprint density at radius 3 is 2.33 bits per heavy atom. The van der Waals surface area contributed by atoms with Gasteiger partial charge in [-0.1, -0.05) is 29.6 Å². The molecule has 18 heavy (non-hydrogen) atoms. The molecule has 0 aliphatic carbocycles. The van der Waals surface area contributed by atoms with Crippen molar-refractivity contribution < 1.29 is 0 Å². The van der Waals surface area contributed by atoms with E-state index >= 15 is 0 Å². The van der Waals surface area contributed by atoms with Crippen molar-refractivity contribution in [2.24, 2.45) is 5.18 Å². The Bertz CT molecular complexity index is 495. The third kappa shape index (κ3) is 2.96. The summed E-state index contributed by atoms with van der Waals surface area (Å²) < 4.78 is 3.36. The zero-order valence-corrected chi connectivity index (χ0v) is 13.0. The monoisotopic (exact) mass is 314 g/mol. The van der Waals surface area contributed by atoms with E-state index in [-0.39, 0.29) is 0 Å². The highest BCUT2D eigenvalue weighted by Gasteiger charge is 2.25. The molecule has 1 aromatic rings. The van der Waals surface area contributed by atoms with Crippen molar-refractivity contribution in [3.8, 4) is 0 Å². The minimum Gasteiger partial charge on any atom is -0.254 e. The first-order valence-corrected chi connectivity index (χ1v) is 9.05. The Morgan fingerprint density at radius 2 is 1.89 bits per heavy atom. The molecule has 0 saturated heterocycles. The molecule has 1 aliphatic heterocycles. The first-order valence-electron chi connectivity index (χ1n) is 4.97. The molecule has 0 N–H and O–H groups in total. The minimum absolute atomic E-state index is 0.432. The molecule has 1 aromatic heterocycles. The Kier molecular flexibility index (Phi) is 5.23. The second kappa shape index (κ2) is 6.70. The fourth-order valence-corrected chi connectivity index (χ4v) is 6.27. The van der Waals surface area contributed by atoms with E-state index < -0.39 is 0 Å². The van der Waals surface area contributed by atoms with Crippen molar-refractivity contribution in [3.05, 3.63) is 47.7 Å². The lowest BCUT2D eigenvalue weighted by atomic mass is 10.3. The van der Waals surface area contributed by atoms with E-state index in [9.17, 15) is 4.91 Å². The lowest BCUT2D eigenvalue weighted by molar-refractivity contribution is 1.25. The van der Waals surface area contributed by atoms with Crippen LogP contribution in [0.15, 0.2) is 42.3 Å². The summed E-state index contributed by atoms with van der Waals surface area (Å²) in [6.07, 6.45) is 5.75. The summed E-state index contributed by atoms with van der Waals surface area (Å²) in [6.45, 7) is 0. The quantitative estimate of drug-likeness (QED) is 0.743. The molecule has 2 rings (SSSR count). The summed E-state index contributed by atoms with van der Waals surface area (Å²) in [5, 5.41) is 3.16. The molecule has 0 saturated carbocycles. The minimum atomic E-state index is 0.432. The van der Waals surface area contributed by atoms with Gasteiger partial charge in [0.1, 0.15) is 0 Å². The molecule has 0 unspecified atom stereocenters. The topological polar surface area (TPSA) is 42.3 Å². The average Bonchev–Trinajstić information content (AvgIpc) is 2.84. The van der Waals surface area contributed by atoms with Gasteiger partial charge in [-0.2, -0.15) is 0 Å². The summed E-state index contributed by atoms with van der Waals surface area (Å²) in [7, 11) is 0. The van der Waals surface area contributed by atoms with Crippen LogP contribution in [0.2, 0.25) is 0 Å². The first kappa shape index (κ1) is 14.0. The van der Waals surface area contributed by atoms with Crippen molar-refractivity contribution in [2.75, 3.05) is 12.5 Å². The second-order valence-corrected chi connectivity index (χ2v) is 7.58. The van der Waals surface area contributed by atoms with Gasteiger partial charge in [0.15, 0.2) is 5.70 Å². The van der Waals surface area contributed by atoms with Gasteiger partial charge in [0.05, 0.1) is 18.4 Å². The number of thioether (sulfide) groups is 4. The van der Waals surface area contributed by atoms with Crippen LogP contribution in [0.4, 0.5) is 0 Å². The van der Waals surface area contributed by atoms with Gasteiger partial charge in [0.2, 0.25) is 0 Å². The molecular formula is C11H10N2OS4. The highest BCUT2D eigenvalue weighted by atomic mass is 32.3. The van der Waals surface area contributed by atoms with E-state index in [1.807, 2.05) is 24.6 Å². The largest absolute Gasteiger partial charge is 0.254 e. The Labute approximate surface area is 123 Å². The van der Waals surface area contributed by atoms with E-state index in [1.54, 1.807) is 59.3 Å². The number of pyridine rings is 1. The van der Waals surface area contributed by atoms with Crippen LogP contribution in [-0.2, 0) is 0 Å². The Hall–Kier alpha value is -0.370. The molecule has 2 heterocycles. The molecule has 0 fully saturated rings. The maximum Gasteiger partial charge on any atom is 0.154 e. The summed E-state index contributed by atoms with van der Waals surface area (Å²) >= 11 is 6.59. The smallest absolute Gasteiger partial charge is 0.154 e. The van der Waals surface area contributed by atoms with Gasteiger partial charge >= 0.3 is 0 Å². The molecule has 0 aromatic carbocycles. The molecule has 0 atom stereocenters. The summed E-state index contributed by atoms with van der Waals surface area (Å²) in [5.41, 5.74) is 1.06. The van der Waals surface area contributed by atoms with Crippen LogP contribution < -0.4 is 0 Å². The lowest BCUT2D eigenvalue weighted by Crippen LogP contribution is -1.86. The van der Waals surface area contributed by atoms with E-state index in [0.29, 0.717) is 11.4 Å². The number of hydrogen-bond donors (Lipinski definition) is 0. The summed E-state index contributed by atoms with van der Waals surface area (Å²) in [5.74, 6) is 0. The van der Waals surface area contributed by atoms with Crippen molar-refractivity contribution in [1.82, 2.24) is 4.98 Å². The zero-order valence-electron chi connectivity index (χ0n) is 9.75. The number of nitroso groups, excluding NO2 is 1. The van der Waals surface area contributed by atoms with Crippen molar-refractivity contribution in [2.45, 2.75) is 0 Å². The molecule has 0 spiro atoms. The highest BCUT2D eigenvalue weighted by molar-refractivity contribution is 8.40. The van der Waals surface area contributed by atoms with Crippen LogP contribution >= 0.6 is 47.0 Å². The van der Waals surface area contributed by atoms with Crippen molar-refractivity contribution >= 4 is 52.7 Å². The van der Waals surface area contributed by atoms with E-state index in [4.69, 9.17) is 0 Å². The van der Waals surface area contributed by atoms with Crippen LogP contribution in [0.3, 0.4) is 0 Å².